The van der Waals surface area contributed by atoms with E-state index in [9.17, 15) is 5.11 Å². The third kappa shape index (κ3) is 0.867. The molecule has 0 bridgehead atoms. The van der Waals surface area contributed by atoms with E-state index in [1.54, 1.807) is 0 Å². The van der Waals surface area contributed by atoms with Gasteiger partial charge in [-0.25, -0.2) is 0 Å². The van der Waals surface area contributed by atoms with Crippen molar-refractivity contribution >= 4 is 0 Å². The Hall–Kier alpha value is -0.0800. The quantitative estimate of drug-likeness (QED) is 0.563. The van der Waals surface area contributed by atoms with Gasteiger partial charge < -0.3 is 10.8 Å². The second-order valence-corrected chi connectivity index (χ2v) is 3.84. The van der Waals surface area contributed by atoms with E-state index in [1.165, 1.54) is 6.42 Å². The highest BCUT2D eigenvalue weighted by atomic mass is 16.3. The van der Waals surface area contributed by atoms with Crippen LogP contribution in [0.2, 0.25) is 0 Å². The van der Waals surface area contributed by atoms with Gasteiger partial charge in [-0.15, -0.1) is 0 Å². The maximum atomic E-state index is 9.48. The second-order valence-electron chi connectivity index (χ2n) is 3.84. The molecule has 0 aromatic heterocycles. The summed E-state index contributed by atoms with van der Waals surface area (Å²) in [6.07, 6.45) is 5.47. The first-order chi connectivity index (χ1) is 4.72. The molecule has 2 fully saturated rings. The molecule has 2 atom stereocenters. The van der Waals surface area contributed by atoms with Gasteiger partial charge in [0, 0.05) is 11.5 Å². The van der Waals surface area contributed by atoms with Crippen LogP contribution in [0.15, 0.2) is 0 Å². The standard InChI is InChI=1S/C8H15NO/c9-8(4-5-8)6-2-1-3-7(6)10/h6-7,10H,1-5,9H2. The highest BCUT2D eigenvalue weighted by Crippen LogP contribution is 2.46. The van der Waals surface area contributed by atoms with Crippen LogP contribution in [0.4, 0.5) is 0 Å². The zero-order chi connectivity index (χ0) is 7.19. The van der Waals surface area contributed by atoms with Crippen molar-refractivity contribution in [2.75, 3.05) is 0 Å². The van der Waals surface area contributed by atoms with E-state index in [4.69, 9.17) is 5.73 Å². The molecule has 0 spiro atoms. The normalized spacial score (nSPS) is 43.8. The third-order valence-electron chi connectivity index (χ3n) is 3.05. The molecule has 3 N–H and O–H groups in total. The molecule has 0 aliphatic heterocycles. The summed E-state index contributed by atoms with van der Waals surface area (Å²) in [4.78, 5) is 0. The SMILES string of the molecule is NC1(C2CCCC2O)CC1. The molecular formula is C8H15NO. The van der Waals surface area contributed by atoms with Crippen LogP contribution in [-0.4, -0.2) is 16.7 Å². The lowest BCUT2D eigenvalue weighted by Crippen LogP contribution is -2.36. The van der Waals surface area contributed by atoms with Gasteiger partial charge in [-0.2, -0.15) is 0 Å². The molecule has 2 unspecified atom stereocenters. The fourth-order valence-corrected chi connectivity index (χ4v) is 2.13. The van der Waals surface area contributed by atoms with Gasteiger partial charge in [0.25, 0.3) is 0 Å². The van der Waals surface area contributed by atoms with Crippen molar-refractivity contribution in [2.24, 2.45) is 11.7 Å². The average molecular weight is 141 g/mol. The van der Waals surface area contributed by atoms with Crippen molar-refractivity contribution in [1.82, 2.24) is 0 Å². The van der Waals surface area contributed by atoms with E-state index in [0.717, 1.165) is 25.7 Å². The first-order valence-electron chi connectivity index (χ1n) is 4.19. The molecule has 58 valence electrons. The number of hydrogen-bond acceptors (Lipinski definition) is 2. The number of aliphatic hydroxyl groups is 1. The lowest BCUT2D eigenvalue weighted by molar-refractivity contribution is 0.113. The Morgan fingerprint density at radius 3 is 2.40 bits per heavy atom. The predicted octanol–water partition coefficient (Wildman–Crippen LogP) is 0.639. The van der Waals surface area contributed by atoms with Crippen LogP contribution >= 0.6 is 0 Å². The number of nitrogens with two attached hydrogens (primary N) is 1. The summed E-state index contributed by atoms with van der Waals surface area (Å²) in [5.41, 5.74) is 6.03. The summed E-state index contributed by atoms with van der Waals surface area (Å²) in [5, 5.41) is 9.48. The molecule has 0 radical (unpaired) electrons. The van der Waals surface area contributed by atoms with E-state index < -0.39 is 0 Å². The Bertz CT molecular complexity index is 142. The van der Waals surface area contributed by atoms with E-state index in [2.05, 4.69) is 0 Å². The maximum Gasteiger partial charge on any atom is 0.0585 e. The van der Waals surface area contributed by atoms with Gasteiger partial charge in [0.2, 0.25) is 0 Å². The Morgan fingerprint density at radius 2 is 2.00 bits per heavy atom. The number of hydrogen-bond donors (Lipinski definition) is 2. The van der Waals surface area contributed by atoms with Crippen LogP contribution in [0.1, 0.15) is 32.1 Å². The topological polar surface area (TPSA) is 46.2 Å². The van der Waals surface area contributed by atoms with Gasteiger partial charge in [0.1, 0.15) is 0 Å². The minimum atomic E-state index is -0.0903. The Kier molecular flexibility index (Phi) is 1.29. The molecule has 0 amide bonds. The molecule has 2 aliphatic rings. The van der Waals surface area contributed by atoms with Gasteiger partial charge in [0.15, 0.2) is 0 Å². The number of rotatable bonds is 1. The van der Waals surface area contributed by atoms with Crippen LogP contribution in [-0.2, 0) is 0 Å². The summed E-state index contributed by atoms with van der Waals surface area (Å²) >= 11 is 0. The van der Waals surface area contributed by atoms with E-state index in [0.29, 0.717) is 5.92 Å². The molecule has 0 heterocycles. The summed E-state index contributed by atoms with van der Waals surface area (Å²) in [5.74, 6) is 0.424. The Balaban J connectivity index is 2.03. The van der Waals surface area contributed by atoms with Gasteiger partial charge >= 0.3 is 0 Å². The van der Waals surface area contributed by atoms with Gasteiger partial charge in [-0.1, -0.05) is 6.42 Å². The van der Waals surface area contributed by atoms with Crippen molar-refractivity contribution in [3.63, 3.8) is 0 Å². The molecule has 0 saturated heterocycles. The Morgan fingerprint density at radius 1 is 1.30 bits per heavy atom. The molecule has 2 heteroatoms. The zero-order valence-electron chi connectivity index (χ0n) is 6.21. The third-order valence-corrected chi connectivity index (χ3v) is 3.05. The fourth-order valence-electron chi connectivity index (χ4n) is 2.13. The molecular weight excluding hydrogens is 126 g/mol. The minimum absolute atomic E-state index is 0.0515. The van der Waals surface area contributed by atoms with E-state index in [-0.39, 0.29) is 11.6 Å². The van der Waals surface area contributed by atoms with Crippen molar-refractivity contribution < 1.29 is 5.11 Å². The zero-order valence-corrected chi connectivity index (χ0v) is 6.21. The summed E-state index contributed by atoms with van der Waals surface area (Å²) in [6, 6.07) is 0. The first kappa shape index (κ1) is 6.62. The fraction of sp³-hybridized carbons (Fsp3) is 1.00. The molecule has 2 nitrogen and oxygen atoms in total. The largest absolute Gasteiger partial charge is 0.393 e. The van der Waals surface area contributed by atoms with Gasteiger partial charge in [0.05, 0.1) is 6.10 Å². The lowest BCUT2D eigenvalue weighted by atomic mass is 9.95. The molecule has 10 heavy (non-hydrogen) atoms. The first-order valence-corrected chi connectivity index (χ1v) is 4.19. The van der Waals surface area contributed by atoms with Crippen molar-refractivity contribution in [2.45, 2.75) is 43.7 Å². The van der Waals surface area contributed by atoms with Crippen molar-refractivity contribution in [1.29, 1.82) is 0 Å². The highest BCUT2D eigenvalue weighted by Gasteiger charge is 2.49. The van der Waals surface area contributed by atoms with Crippen LogP contribution in [0.3, 0.4) is 0 Å². The van der Waals surface area contributed by atoms with Crippen molar-refractivity contribution in [3.05, 3.63) is 0 Å². The lowest BCUT2D eigenvalue weighted by Gasteiger charge is -2.20. The van der Waals surface area contributed by atoms with Crippen LogP contribution < -0.4 is 5.73 Å². The van der Waals surface area contributed by atoms with Crippen LogP contribution in [0, 0.1) is 5.92 Å². The molecule has 2 aliphatic carbocycles. The summed E-state index contributed by atoms with van der Waals surface area (Å²) in [6.45, 7) is 0. The summed E-state index contributed by atoms with van der Waals surface area (Å²) in [7, 11) is 0. The van der Waals surface area contributed by atoms with Crippen LogP contribution in [0.25, 0.3) is 0 Å². The highest BCUT2D eigenvalue weighted by molar-refractivity contribution is 5.07. The molecule has 2 rings (SSSR count). The smallest absolute Gasteiger partial charge is 0.0585 e. The monoisotopic (exact) mass is 141 g/mol. The summed E-state index contributed by atoms with van der Waals surface area (Å²) < 4.78 is 0. The van der Waals surface area contributed by atoms with Gasteiger partial charge in [-0.3, -0.25) is 0 Å². The molecule has 0 aromatic rings. The van der Waals surface area contributed by atoms with E-state index >= 15 is 0 Å². The Labute approximate surface area is 61.4 Å². The molecule has 0 aromatic carbocycles. The molecule has 2 saturated carbocycles. The predicted molar refractivity (Wildman–Crippen MR) is 39.5 cm³/mol. The van der Waals surface area contributed by atoms with Crippen LogP contribution in [0.5, 0.6) is 0 Å². The number of aliphatic hydroxyl groups excluding tert-OH is 1. The van der Waals surface area contributed by atoms with Crippen molar-refractivity contribution in [3.8, 4) is 0 Å². The minimum Gasteiger partial charge on any atom is -0.393 e. The van der Waals surface area contributed by atoms with Gasteiger partial charge in [-0.05, 0) is 25.7 Å². The average Bonchev–Trinajstić information content (AvgIpc) is 2.44. The second kappa shape index (κ2) is 1.95. The maximum absolute atomic E-state index is 9.48. The van der Waals surface area contributed by atoms with E-state index in [1.807, 2.05) is 0 Å².